The number of nitrogens with zero attached hydrogens (tertiary/aromatic N) is 2. The summed E-state index contributed by atoms with van der Waals surface area (Å²) in [5, 5.41) is 0.895. The van der Waals surface area contributed by atoms with Gasteiger partial charge in [0.2, 0.25) is 0 Å². The van der Waals surface area contributed by atoms with Gasteiger partial charge in [-0.3, -0.25) is 9.80 Å². The predicted octanol–water partition coefficient (Wildman–Crippen LogP) is 3.22. The summed E-state index contributed by atoms with van der Waals surface area (Å²) in [5.41, 5.74) is 0. The van der Waals surface area contributed by atoms with Gasteiger partial charge in [-0.05, 0) is 45.4 Å². The first-order chi connectivity index (χ1) is 9.29. The highest BCUT2D eigenvalue weighted by molar-refractivity contribution is 7.99. The fraction of sp³-hybridized carbons (Fsp3) is 1.00. The molecule has 4 atom stereocenters. The molecule has 0 aromatic heterocycles. The van der Waals surface area contributed by atoms with Crippen molar-refractivity contribution in [3.8, 4) is 0 Å². The number of thioether (sulfide) groups is 1. The molecule has 2 aliphatic heterocycles. The molecule has 2 nitrogen and oxygen atoms in total. The summed E-state index contributed by atoms with van der Waals surface area (Å²) in [4.78, 5) is 5.68. The lowest BCUT2D eigenvalue weighted by molar-refractivity contribution is -0.0141. The third kappa shape index (κ3) is 2.98. The van der Waals surface area contributed by atoms with Crippen LogP contribution >= 0.6 is 11.8 Å². The van der Waals surface area contributed by atoms with Gasteiger partial charge in [-0.1, -0.05) is 19.3 Å². The van der Waals surface area contributed by atoms with E-state index >= 15 is 0 Å². The van der Waals surface area contributed by atoms with Gasteiger partial charge < -0.3 is 0 Å². The van der Waals surface area contributed by atoms with Crippen LogP contribution in [0, 0.1) is 0 Å². The average Bonchev–Trinajstić information content (AvgIpc) is 2.46. The fourth-order valence-electron chi connectivity index (χ4n) is 4.57. The molecule has 3 aliphatic rings. The Morgan fingerprint density at radius 2 is 1.74 bits per heavy atom. The highest BCUT2D eigenvalue weighted by Crippen LogP contribution is 2.34. The fourth-order valence-corrected chi connectivity index (χ4v) is 5.58. The zero-order chi connectivity index (χ0) is 13.2. The van der Waals surface area contributed by atoms with Gasteiger partial charge in [0.25, 0.3) is 0 Å². The molecule has 0 N–H and O–H groups in total. The normalized spacial score (nSPS) is 42.0. The number of hydrogen-bond acceptors (Lipinski definition) is 3. The van der Waals surface area contributed by atoms with Crippen LogP contribution < -0.4 is 0 Å². The topological polar surface area (TPSA) is 6.48 Å². The minimum Gasteiger partial charge on any atom is -0.298 e. The van der Waals surface area contributed by atoms with E-state index in [2.05, 4.69) is 34.7 Å². The van der Waals surface area contributed by atoms with Crippen LogP contribution in [0.4, 0.5) is 0 Å². The Bertz CT molecular complexity index is 296. The van der Waals surface area contributed by atoms with Crippen molar-refractivity contribution in [3.63, 3.8) is 0 Å². The molecule has 19 heavy (non-hydrogen) atoms. The first-order valence-corrected chi connectivity index (χ1v) is 9.61. The summed E-state index contributed by atoms with van der Waals surface area (Å²) >= 11 is 2.12. The maximum absolute atomic E-state index is 2.90. The predicted molar refractivity (Wildman–Crippen MR) is 84.9 cm³/mol. The Kier molecular flexibility index (Phi) is 4.76. The molecular formula is C16H30N2S. The third-order valence-electron chi connectivity index (χ3n) is 5.63. The summed E-state index contributed by atoms with van der Waals surface area (Å²) in [7, 11) is 0. The number of piperidine rings is 1. The molecule has 0 aromatic rings. The van der Waals surface area contributed by atoms with Gasteiger partial charge in [-0.2, -0.15) is 11.8 Å². The molecule has 3 heteroatoms. The van der Waals surface area contributed by atoms with Gasteiger partial charge >= 0.3 is 0 Å². The Balaban J connectivity index is 1.68. The minimum atomic E-state index is 0.770. The number of rotatable bonds is 2. The lowest BCUT2D eigenvalue weighted by Gasteiger charge is -2.52. The quantitative estimate of drug-likeness (QED) is 0.768. The van der Waals surface area contributed by atoms with E-state index in [1.807, 2.05) is 0 Å². The summed E-state index contributed by atoms with van der Waals surface area (Å²) in [6.07, 6.45) is 12.5. The molecule has 3 rings (SSSR count). The van der Waals surface area contributed by atoms with E-state index in [0.717, 1.165) is 23.4 Å². The van der Waals surface area contributed by atoms with Crippen molar-refractivity contribution in [1.29, 1.82) is 0 Å². The van der Waals surface area contributed by atoms with Crippen molar-refractivity contribution < 1.29 is 0 Å². The van der Waals surface area contributed by atoms with Crippen LogP contribution in [-0.2, 0) is 0 Å². The van der Waals surface area contributed by atoms with Crippen molar-refractivity contribution in [3.05, 3.63) is 0 Å². The first kappa shape index (κ1) is 14.2. The zero-order valence-electron chi connectivity index (χ0n) is 12.7. The van der Waals surface area contributed by atoms with Crippen LogP contribution in [-0.4, -0.2) is 59.1 Å². The second-order valence-electron chi connectivity index (χ2n) is 6.82. The molecule has 0 bridgehead atoms. The summed E-state index contributed by atoms with van der Waals surface area (Å²) in [6.45, 7) is 6.50. The van der Waals surface area contributed by atoms with Crippen LogP contribution in [0.25, 0.3) is 0 Å². The summed E-state index contributed by atoms with van der Waals surface area (Å²) in [6, 6.07) is 2.50. The van der Waals surface area contributed by atoms with E-state index in [4.69, 9.17) is 0 Å². The van der Waals surface area contributed by atoms with Gasteiger partial charge in [0, 0.05) is 36.5 Å². The minimum absolute atomic E-state index is 0.770. The number of piperazine rings is 1. The first-order valence-electron chi connectivity index (χ1n) is 8.32. The standard InChI is InChI=1S/C16H30N2S/c1-13-11-17-10-6-5-7-14(17)12-18(13)15-8-3-4-9-16(15)19-2/h13-16H,3-12H2,1-2H3. The lowest BCUT2D eigenvalue weighted by Crippen LogP contribution is -2.62. The SMILES string of the molecule is CSC1CCCCC1N1CC2CCCCN2CC1C. The number of hydrogen-bond donors (Lipinski definition) is 0. The van der Waals surface area contributed by atoms with Gasteiger partial charge in [-0.25, -0.2) is 0 Å². The summed E-state index contributed by atoms with van der Waals surface area (Å²) < 4.78 is 0. The maximum Gasteiger partial charge on any atom is 0.0224 e. The second kappa shape index (κ2) is 6.36. The highest BCUT2D eigenvalue weighted by atomic mass is 32.2. The van der Waals surface area contributed by atoms with Crippen LogP contribution in [0.1, 0.15) is 51.9 Å². The summed E-state index contributed by atoms with van der Waals surface area (Å²) in [5.74, 6) is 0. The number of fused-ring (bicyclic) bond motifs is 1. The van der Waals surface area contributed by atoms with E-state index in [-0.39, 0.29) is 0 Å². The largest absolute Gasteiger partial charge is 0.298 e. The van der Waals surface area contributed by atoms with Crippen molar-refractivity contribution in [2.24, 2.45) is 0 Å². The van der Waals surface area contributed by atoms with Gasteiger partial charge in [0.1, 0.15) is 0 Å². The maximum atomic E-state index is 2.90. The molecule has 3 fully saturated rings. The Hall–Kier alpha value is 0.270. The Morgan fingerprint density at radius 3 is 2.58 bits per heavy atom. The van der Waals surface area contributed by atoms with E-state index in [0.29, 0.717) is 0 Å². The van der Waals surface area contributed by atoms with Gasteiger partial charge in [-0.15, -0.1) is 0 Å². The van der Waals surface area contributed by atoms with Gasteiger partial charge in [0.15, 0.2) is 0 Å². The van der Waals surface area contributed by atoms with E-state index in [9.17, 15) is 0 Å². The van der Waals surface area contributed by atoms with Gasteiger partial charge in [0.05, 0.1) is 0 Å². The molecule has 0 spiro atoms. The van der Waals surface area contributed by atoms with Crippen LogP contribution in [0.3, 0.4) is 0 Å². The molecule has 2 saturated heterocycles. The van der Waals surface area contributed by atoms with Crippen molar-refractivity contribution in [2.45, 2.75) is 75.2 Å². The van der Waals surface area contributed by atoms with Crippen molar-refractivity contribution >= 4 is 11.8 Å². The van der Waals surface area contributed by atoms with Crippen molar-refractivity contribution in [1.82, 2.24) is 9.80 Å². The molecule has 2 heterocycles. The molecule has 0 radical (unpaired) electrons. The monoisotopic (exact) mass is 282 g/mol. The van der Waals surface area contributed by atoms with Crippen molar-refractivity contribution in [2.75, 3.05) is 25.9 Å². The van der Waals surface area contributed by atoms with Crippen LogP contribution in [0.2, 0.25) is 0 Å². The highest BCUT2D eigenvalue weighted by Gasteiger charge is 2.39. The molecule has 0 aromatic carbocycles. The molecule has 0 amide bonds. The Labute approximate surface area is 123 Å². The zero-order valence-corrected chi connectivity index (χ0v) is 13.5. The molecule has 1 aliphatic carbocycles. The molecule has 4 unspecified atom stereocenters. The van der Waals surface area contributed by atoms with Crippen LogP contribution in [0.15, 0.2) is 0 Å². The van der Waals surface area contributed by atoms with Crippen LogP contribution in [0.5, 0.6) is 0 Å². The molecule has 1 saturated carbocycles. The molecular weight excluding hydrogens is 252 g/mol. The van der Waals surface area contributed by atoms with E-state index < -0.39 is 0 Å². The third-order valence-corrected chi connectivity index (χ3v) is 6.79. The van der Waals surface area contributed by atoms with E-state index in [1.165, 1.54) is 64.6 Å². The molecule has 110 valence electrons. The smallest absolute Gasteiger partial charge is 0.0224 e. The second-order valence-corrected chi connectivity index (χ2v) is 7.89. The van der Waals surface area contributed by atoms with E-state index in [1.54, 1.807) is 0 Å². The average molecular weight is 282 g/mol. The Morgan fingerprint density at radius 1 is 0.947 bits per heavy atom. The lowest BCUT2D eigenvalue weighted by atomic mass is 9.89.